The van der Waals surface area contributed by atoms with Crippen LogP contribution in [-0.2, 0) is 7.05 Å². The maximum absolute atomic E-state index is 4.88. The predicted octanol–water partition coefficient (Wildman–Crippen LogP) is 3.13. The van der Waals surface area contributed by atoms with Crippen molar-refractivity contribution in [1.82, 2.24) is 29.6 Å². The summed E-state index contributed by atoms with van der Waals surface area (Å²) in [6.45, 7) is 4.61. The lowest BCUT2D eigenvalue weighted by Crippen LogP contribution is -2.29. The van der Waals surface area contributed by atoms with Crippen LogP contribution in [0.3, 0.4) is 0 Å². The van der Waals surface area contributed by atoms with Crippen molar-refractivity contribution < 1.29 is 0 Å². The van der Waals surface area contributed by atoms with Crippen LogP contribution in [-0.4, -0.2) is 62.9 Å². The molecule has 0 bridgehead atoms. The second kappa shape index (κ2) is 8.65. The number of pyridine rings is 1. The summed E-state index contributed by atoms with van der Waals surface area (Å²) in [5.41, 5.74) is 1.83. The highest BCUT2D eigenvalue weighted by atomic mass is 15.3. The first-order valence-electron chi connectivity index (χ1n) is 10.3. The van der Waals surface area contributed by atoms with Crippen LogP contribution in [0.15, 0.2) is 30.7 Å². The lowest BCUT2D eigenvalue weighted by Gasteiger charge is -2.23. The Kier molecular flexibility index (Phi) is 5.81. The molecule has 1 aliphatic heterocycles. The van der Waals surface area contributed by atoms with Crippen LogP contribution in [0.1, 0.15) is 32.1 Å². The monoisotopic (exact) mass is 379 g/mol. The van der Waals surface area contributed by atoms with Crippen molar-refractivity contribution in [3.8, 4) is 11.4 Å². The smallest absolute Gasteiger partial charge is 0.164 e. The van der Waals surface area contributed by atoms with E-state index in [2.05, 4.69) is 26.9 Å². The van der Waals surface area contributed by atoms with Crippen molar-refractivity contribution in [3.63, 3.8) is 0 Å². The molecule has 1 saturated heterocycles. The minimum atomic E-state index is 0.716. The van der Waals surface area contributed by atoms with Gasteiger partial charge < -0.3 is 9.80 Å². The van der Waals surface area contributed by atoms with E-state index in [0.29, 0.717) is 5.82 Å². The number of aromatic nitrogens is 5. The number of fused-ring (bicyclic) bond motifs is 1. The lowest BCUT2D eigenvalue weighted by molar-refractivity contribution is 0.283. The normalized spacial score (nSPS) is 15.6. The van der Waals surface area contributed by atoms with Gasteiger partial charge in [0.05, 0.1) is 11.6 Å². The Hall–Kier alpha value is -2.54. The molecule has 1 aliphatic rings. The van der Waals surface area contributed by atoms with Crippen molar-refractivity contribution >= 4 is 16.9 Å². The van der Waals surface area contributed by atoms with E-state index in [4.69, 9.17) is 9.97 Å². The van der Waals surface area contributed by atoms with E-state index in [0.717, 1.165) is 41.9 Å². The Morgan fingerprint density at radius 2 is 1.79 bits per heavy atom. The fourth-order valence-electron chi connectivity index (χ4n) is 3.93. The average Bonchev–Trinajstić information content (AvgIpc) is 2.93. The molecule has 4 heterocycles. The molecule has 28 heavy (non-hydrogen) atoms. The van der Waals surface area contributed by atoms with Crippen molar-refractivity contribution in [3.05, 3.63) is 30.7 Å². The summed E-state index contributed by atoms with van der Waals surface area (Å²) in [7, 11) is 4.04. The topological polar surface area (TPSA) is 63.0 Å². The number of rotatable bonds is 6. The Balaban J connectivity index is 1.53. The van der Waals surface area contributed by atoms with Crippen molar-refractivity contribution in [2.24, 2.45) is 7.05 Å². The molecule has 0 unspecified atom stereocenters. The van der Waals surface area contributed by atoms with E-state index in [1.165, 1.54) is 38.8 Å². The van der Waals surface area contributed by atoms with Crippen LogP contribution < -0.4 is 4.90 Å². The molecule has 0 amide bonds. The summed E-state index contributed by atoms with van der Waals surface area (Å²) in [5, 5.41) is 5.40. The average molecular weight is 380 g/mol. The maximum atomic E-state index is 4.88. The SMILES string of the molecule is CN(CCCN1CCCCCC1)c1nc(-c2ccncc2)nc2c1cnn2C. The zero-order chi connectivity index (χ0) is 19.3. The molecule has 148 valence electrons. The van der Waals surface area contributed by atoms with Crippen LogP contribution in [0.5, 0.6) is 0 Å². The number of likely N-dealkylation sites (tertiary alicyclic amines) is 1. The van der Waals surface area contributed by atoms with Gasteiger partial charge in [0, 0.05) is 38.6 Å². The molecular formula is C21H29N7. The Morgan fingerprint density at radius 3 is 2.54 bits per heavy atom. The van der Waals surface area contributed by atoms with Crippen molar-refractivity contribution in [2.75, 3.05) is 38.1 Å². The lowest BCUT2D eigenvalue weighted by atomic mass is 10.2. The van der Waals surface area contributed by atoms with E-state index in [1.807, 2.05) is 30.1 Å². The van der Waals surface area contributed by atoms with Gasteiger partial charge >= 0.3 is 0 Å². The minimum Gasteiger partial charge on any atom is -0.359 e. The van der Waals surface area contributed by atoms with Gasteiger partial charge in [0.25, 0.3) is 0 Å². The fourth-order valence-corrected chi connectivity index (χ4v) is 3.93. The summed E-state index contributed by atoms with van der Waals surface area (Å²) in [4.78, 5) is 18.6. The Morgan fingerprint density at radius 1 is 1.04 bits per heavy atom. The molecule has 0 aliphatic carbocycles. The van der Waals surface area contributed by atoms with Crippen LogP contribution in [0.2, 0.25) is 0 Å². The molecule has 3 aromatic heterocycles. The molecule has 0 N–H and O–H groups in total. The first-order valence-corrected chi connectivity index (χ1v) is 10.3. The number of hydrogen-bond donors (Lipinski definition) is 0. The minimum absolute atomic E-state index is 0.716. The van der Waals surface area contributed by atoms with Crippen molar-refractivity contribution in [2.45, 2.75) is 32.1 Å². The number of anilines is 1. The molecule has 0 radical (unpaired) electrons. The van der Waals surface area contributed by atoms with E-state index < -0.39 is 0 Å². The van der Waals surface area contributed by atoms with Crippen molar-refractivity contribution in [1.29, 1.82) is 0 Å². The van der Waals surface area contributed by atoms with Gasteiger partial charge in [0.1, 0.15) is 5.82 Å². The molecule has 0 spiro atoms. The second-order valence-corrected chi connectivity index (χ2v) is 7.64. The van der Waals surface area contributed by atoms with Crippen LogP contribution in [0, 0.1) is 0 Å². The largest absolute Gasteiger partial charge is 0.359 e. The van der Waals surface area contributed by atoms with Crippen LogP contribution >= 0.6 is 0 Å². The molecule has 0 aromatic carbocycles. The van der Waals surface area contributed by atoms with Gasteiger partial charge in [-0.1, -0.05) is 12.8 Å². The molecule has 3 aromatic rings. The van der Waals surface area contributed by atoms with E-state index in [-0.39, 0.29) is 0 Å². The van der Waals surface area contributed by atoms with Crippen LogP contribution in [0.25, 0.3) is 22.4 Å². The molecular weight excluding hydrogens is 350 g/mol. The summed E-state index contributed by atoms with van der Waals surface area (Å²) in [5.74, 6) is 1.66. The third-order valence-corrected chi connectivity index (χ3v) is 5.54. The molecule has 0 atom stereocenters. The maximum Gasteiger partial charge on any atom is 0.164 e. The number of nitrogens with zero attached hydrogens (tertiary/aromatic N) is 7. The summed E-state index contributed by atoms with van der Waals surface area (Å²) in [6, 6.07) is 3.89. The highest BCUT2D eigenvalue weighted by molar-refractivity contribution is 5.88. The Bertz CT molecular complexity index is 898. The highest BCUT2D eigenvalue weighted by Gasteiger charge is 2.16. The van der Waals surface area contributed by atoms with Gasteiger partial charge in [-0.25, -0.2) is 9.97 Å². The van der Waals surface area contributed by atoms with E-state index in [9.17, 15) is 0 Å². The highest BCUT2D eigenvalue weighted by Crippen LogP contribution is 2.26. The summed E-state index contributed by atoms with van der Waals surface area (Å²) in [6.07, 6.45) is 12.0. The molecule has 7 nitrogen and oxygen atoms in total. The molecule has 7 heteroatoms. The summed E-state index contributed by atoms with van der Waals surface area (Å²) < 4.78 is 1.82. The molecule has 0 saturated carbocycles. The van der Waals surface area contributed by atoms with Gasteiger partial charge in [0.2, 0.25) is 0 Å². The second-order valence-electron chi connectivity index (χ2n) is 7.64. The van der Waals surface area contributed by atoms with Gasteiger partial charge in [0.15, 0.2) is 11.5 Å². The quantitative estimate of drug-likeness (QED) is 0.656. The first-order chi connectivity index (χ1) is 13.7. The van der Waals surface area contributed by atoms with Gasteiger partial charge in [-0.05, 0) is 51.0 Å². The Labute approximate surface area is 166 Å². The van der Waals surface area contributed by atoms with E-state index in [1.54, 1.807) is 12.4 Å². The standard InChI is InChI=1S/C21H29N7/c1-26(12-7-15-28-13-5-3-4-6-14-28)20-18-16-23-27(2)21(18)25-19(24-20)17-8-10-22-11-9-17/h8-11,16H,3-7,12-15H2,1-2H3. The van der Waals surface area contributed by atoms with Gasteiger partial charge in [-0.15, -0.1) is 0 Å². The summed E-state index contributed by atoms with van der Waals surface area (Å²) >= 11 is 0. The van der Waals surface area contributed by atoms with E-state index >= 15 is 0 Å². The van der Waals surface area contributed by atoms with Gasteiger partial charge in [-0.3, -0.25) is 9.67 Å². The third kappa shape index (κ3) is 4.14. The third-order valence-electron chi connectivity index (χ3n) is 5.54. The zero-order valence-corrected chi connectivity index (χ0v) is 16.9. The number of hydrogen-bond acceptors (Lipinski definition) is 6. The van der Waals surface area contributed by atoms with Crippen LogP contribution in [0.4, 0.5) is 5.82 Å². The molecule has 4 rings (SSSR count). The first kappa shape index (κ1) is 18.8. The van der Waals surface area contributed by atoms with Gasteiger partial charge in [-0.2, -0.15) is 5.10 Å². The number of aryl methyl sites for hydroxylation is 1. The fraction of sp³-hybridized carbons (Fsp3) is 0.524. The zero-order valence-electron chi connectivity index (χ0n) is 16.9. The predicted molar refractivity (Wildman–Crippen MR) is 112 cm³/mol. The molecule has 1 fully saturated rings.